The molecule has 0 radical (unpaired) electrons. The van der Waals surface area contributed by atoms with Crippen molar-refractivity contribution in [3.63, 3.8) is 0 Å². The SMILES string of the molecule is CC1(C)OC(=C(C#N)C#N)C(C#N)=C1C=Cc1ccc([N+]#N)c(OCCCCCC(=O)[O-])c1. The van der Waals surface area contributed by atoms with Crippen molar-refractivity contribution in [2.45, 2.75) is 45.1 Å². The molecule has 0 unspecified atom stereocenters. The summed E-state index contributed by atoms with van der Waals surface area (Å²) >= 11 is 0. The Kier molecular flexibility index (Phi) is 8.33. The van der Waals surface area contributed by atoms with Gasteiger partial charge in [0.05, 0.1) is 6.61 Å². The van der Waals surface area contributed by atoms with Gasteiger partial charge in [0.15, 0.2) is 16.3 Å². The third kappa shape index (κ3) is 6.20. The van der Waals surface area contributed by atoms with Gasteiger partial charge in [-0.2, -0.15) is 15.8 Å². The van der Waals surface area contributed by atoms with Crippen molar-refractivity contribution in [1.29, 1.82) is 21.2 Å². The van der Waals surface area contributed by atoms with Crippen molar-refractivity contribution in [3.05, 3.63) is 57.3 Å². The van der Waals surface area contributed by atoms with E-state index in [4.69, 9.17) is 20.0 Å². The van der Waals surface area contributed by atoms with Gasteiger partial charge in [0, 0.05) is 17.6 Å². The summed E-state index contributed by atoms with van der Waals surface area (Å²) in [6.07, 6.45) is 5.16. The molecule has 1 aliphatic heterocycles. The van der Waals surface area contributed by atoms with Gasteiger partial charge >= 0.3 is 5.69 Å². The molecule has 9 nitrogen and oxygen atoms in total. The Bertz CT molecular complexity index is 1180. The van der Waals surface area contributed by atoms with Crippen LogP contribution in [0.1, 0.15) is 45.1 Å². The van der Waals surface area contributed by atoms with Crippen LogP contribution in [-0.2, 0) is 9.53 Å². The number of hydrogen-bond donors (Lipinski definition) is 0. The third-order valence-corrected chi connectivity index (χ3v) is 4.88. The lowest BCUT2D eigenvalue weighted by atomic mass is 9.94. The monoisotopic (exact) mass is 443 g/mol. The normalized spacial score (nSPS) is 14.1. The van der Waals surface area contributed by atoms with Gasteiger partial charge in [-0.25, -0.2) is 0 Å². The molecular formula is C24H21N5O4. The largest absolute Gasteiger partial charge is 0.550 e. The number of unbranched alkanes of at least 4 members (excludes halogenated alkanes) is 2. The molecule has 166 valence electrons. The maximum Gasteiger partial charge on any atom is 0.426 e. The molecule has 0 saturated carbocycles. The molecule has 0 aliphatic carbocycles. The van der Waals surface area contributed by atoms with Crippen molar-refractivity contribution in [3.8, 4) is 24.0 Å². The summed E-state index contributed by atoms with van der Waals surface area (Å²) in [4.78, 5) is 13.7. The summed E-state index contributed by atoms with van der Waals surface area (Å²) in [7, 11) is 0. The highest BCUT2D eigenvalue weighted by atomic mass is 16.5. The summed E-state index contributed by atoms with van der Waals surface area (Å²) in [6, 6.07) is 10.4. The Balaban J connectivity index is 2.25. The first-order valence-corrected chi connectivity index (χ1v) is 10.2. The highest BCUT2D eigenvalue weighted by Gasteiger charge is 2.38. The highest BCUT2D eigenvalue weighted by Crippen LogP contribution is 2.40. The van der Waals surface area contributed by atoms with Gasteiger partial charge < -0.3 is 19.4 Å². The summed E-state index contributed by atoms with van der Waals surface area (Å²) in [6.45, 7) is 3.77. The van der Waals surface area contributed by atoms with Gasteiger partial charge in [0.2, 0.25) is 11.1 Å². The lowest BCUT2D eigenvalue weighted by Gasteiger charge is -2.20. The molecule has 0 amide bonds. The van der Waals surface area contributed by atoms with Gasteiger partial charge in [-0.15, -0.1) is 0 Å². The highest BCUT2D eigenvalue weighted by molar-refractivity contribution is 5.67. The Morgan fingerprint density at radius 2 is 1.91 bits per heavy atom. The topological polar surface area (TPSA) is 158 Å². The number of rotatable bonds is 9. The fraction of sp³-hybridized carbons (Fsp3) is 0.333. The van der Waals surface area contributed by atoms with Crippen LogP contribution in [0.2, 0.25) is 0 Å². The molecule has 0 spiro atoms. The summed E-state index contributed by atoms with van der Waals surface area (Å²) < 4.78 is 11.4. The Labute approximate surface area is 191 Å². The molecule has 1 aromatic rings. The molecule has 1 aromatic carbocycles. The van der Waals surface area contributed by atoms with Crippen molar-refractivity contribution in [2.75, 3.05) is 6.61 Å². The number of carbonyl (C=O) groups excluding carboxylic acids is 1. The standard InChI is InChI=1S/C24H21N5O4/c1-24(2)19(18(15-27)23(33-24)17(13-25)14-26)9-7-16-8-10-20(29-28)21(12-16)32-11-5-3-4-6-22(30)31/h7-10,12H,3-6,11H2,1-2H3. The zero-order valence-corrected chi connectivity index (χ0v) is 18.3. The number of hydrogen-bond acceptors (Lipinski definition) is 8. The first-order chi connectivity index (χ1) is 15.8. The van der Waals surface area contributed by atoms with Gasteiger partial charge in [0.1, 0.15) is 29.4 Å². The van der Waals surface area contributed by atoms with Crippen molar-refractivity contribution < 1.29 is 19.4 Å². The van der Waals surface area contributed by atoms with E-state index >= 15 is 0 Å². The minimum atomic E-state index is -1.08. The lowest BCUT2D eigenvalue weighted by Crippen LogP contribution is -2.21. The molecule has 1 heterocycles. The number of ether oxygens (including phenoxy) is 2. The van der Waals surface area contributed by atoms with E-state index in [2.05, 4.69) is 4.98 Å². The number of carbonyl (C=O) groups is 1. The zero-order chi connectivity index (χ0) is 24.4. The molecule has 33 heavy (non-hydrogen) atoms. The maximum atomic E-state index is 10.4. The maximum absolute atomic E-state index is 10.4. The van der Waals surface area contributed by atoms with Crippen molar-refractivity contribution in [2.24, 2.45) is 0 Å². The number of nitrogens with zero attached hydrogens (tertiary/aromatic N) is 5. The third-order valence-electron chi connectivity index (χ3n) is 4.88. The second kappa shape index (κ2) is 11.1. The molecule has 0 saturated heterocycles. The van der Waals surface area contributed by atoms with E-state index in [-0.39, 0.29) is 29.0 Å². The van der Waals surface area contributed by atoms with Crippen LogP contribution < -0.4 is 9.84 Å². The second-order valence-electron chi connectivity index (χ2n) is 7.63. The van der Waals surface area contributed by atoms with Crippen LogP contribution in [0.3, 0.4) is 0 Å². The number of aliphatic carboxylic acids is 1. The minimum absolute atomic E-state index is 0.000762. The van der Waals surface area contributed by atoms with Crippen LogP contribution in [0.25, 0.3) is 11.1 Å². The number of allylic oxidation sites excluding steroid dienone is 2. The molecule has 0 atom stereocenters. The fourth-order valence-corrected chi connectivity index (χ4v) is 3.22. The van der Waals surface area contributed by atoms with Crippen molar-refractivity contribution in [1.82, 2.24) is 0 Å². The average molecular weight is 443 g/mol. The number of carboxylic acid groups (broad SMARTS) is 1. The van der Waals surface area contributed by atoms with E-state index in [1.165, 1.54) is 0 Å². The van der Waals surface area contributed by atoms with E-state index in [1.807, 2.05) is 6.07 Å². The van der Waals surface area contributed by atoms with Gasteiger partial charge in [0.25, 0.3) is 0 Å². The molecule has 2 rings (SSSR count). The molecule has 0 N–H and O–H groups in total. The number of nitriles is 3. The van der Waals surface area contributed by atoms with Crippen LogP contribution in [0, 0.1) is 39.4 Å². The van der Waals surface area contributed by atoms with E-state index in [0.717, 1.165) is 0 Å². The van der Waals surface area contributed by atoms with Crippen LogP contribution in [0.15, 0.2) is 46.8 Å². The van der Waals surface area contributed by atoms with E-state index in [0.29, 0.717) is 42.8 Å². The summed E-state index contributed by atoms with van der Waals surface area (Å²) in [5, 5.41) is 47.6. The number of carboxylic acids is 1. The molecule has 0 bridgehead atoms. The Morgan fingerprint density at radius 3 is 2.52 bits per heavy atom. The molecule has 0 aromatic heterocycles. The first-order valence-electron chi connectivity index (χ1n) is 10.2. The van der Waals surface area contributed by atoms with Crippen molar-refractivity contribution >= 4 is 17.7 Å². The summed E-state index contributed by atoms with van der Waals surface area (Å²) in [5.74, 6) is -0.779. The summed E-state index contributed by atoms with van der Waals surface area (Å²) in [5.41, 5.74) is 0.349. The molecular weight excluding hydrogens is 422 g/mol. The van der Waals surface area contributed by atoms with Crippen LogP contribution in [-0.4, -0.2) is 18.2 Å². The Morgan fingerprint density at radius 1 is 1.18 bits per heavy atom. The Hall–Kier alpha value is -4.60. The zero-order valence-electron chi connectivity index (χ0n) is 18.3. The van der Waals surface area contributed by atoms with Crippen LogP contribution in [0.4, 0.5) is 5.69 Å². The average Bonchev–Trinajstić information content (AvgIpc) is 3.04. The second-order valence-corrected chi connectivity index (χ2v) is 7.63. The predicted octanol–water partition coefficient (Wildman–Crippen LogP) is 3.80. The van der Waals surface area contributed by atoms with Crippen LogP contribution >= 0.6 is 0 Å². The van der Waals surface area contributed by atoms with E-state index < -0.39 is 11.6 Å². The smallest absolute Gasteiger partial charge is 0.426 e. The van der Waals surface area contributed by atoms with Crippen LogP contribution in [0.5, 0.6) is 5.75 Å². The van der Waals surface area contributed by atoms with Gasteiger partial charge in [-0.3, -0.25) is 0 Å². The lowest BCUT2D eigenvalue weighted by molar-refractivity contribution is -0.305. The van der Waals surface area contributed by atoms with E-state index in [1.54, 1.807) is 56.3 Å². The minimum Gasteiger partial charge on any atom is -0.550 e. The molecule has 1 aliphatic rings. The van der Waals surface area contributed by atoms with E-state index in [9.17, 15) is 20.6 Å². The quantitative estimate of drug-likeness (QED) is 0.316. The first kappa shape index (κ1) is 24.7. The number of benzene rings is 1. The molecule has 9 heteroatoms. The predicted molar refractivity (Wildman–Crippen MR) is 115 cm³/mol. The number of diazo groups is 1. The van der Waals surface area contributed by atoms with Gasteiger partial charge in [-0.1, -0.05) is 12.2 Å². The fourth-order valence-electron chi connectivity index (χ4n) is 3.22. The molecule has 0 fully saturated rings. The van der Waals surface area contributed by atoms with Gasteiger partial charge in [-0.05, 0) is 57.2 Å².